The van der Waals surface area contributed by atoms with Crippen LogP contribution in [-0.2, 0) is 4.79 Å². The highest BCUT2D eigenvalue weighted by molar-refractivity contribution is 6.30. The number of amides is 1. The molecule has 1 unspecified atom stereocenters. The number of carbonyl (C=O) groups excluding carboxylic acids is 1. The molecule has 1 aliphatic rings. The fraction of sp³-hybridized carbons (Fsp3) is 0.235. The summed E-state index contributed by atoms with van der Waals surface area (Å²) in [6.45, 7) is 0.942. The summed E-state index contributed by atoms with van der Waals surface area (Å²) in [4.78, 5) is 14.1. The highest BCUT2D eigenvalue weighted by atomic mass is 35.5. The fourth-order valence-electron chi connectivity index (χ4n) is 2.74. The maximum Gasteiger partial charge on any atom is 0.238 e. The molecule has 0 bridgehead atoms. The predicted molar refractivity (Wildman–Crippen MR) is 87.7 cm³/mol. The number of carbonyl (C=O) groups is 1. The lowest BCUT2D eigenvalue weighted by Crippen LogP contribution is -2.37. The van der Waals surface area contributed by atoms with Crippen molar-refractivity contribution in [2.75, 3.05) is 19.0 Å². The summed E-state index contributed by atoms with van der Waals surface area (Å²) < 4.78 is 5.79. The Kier molecular flexibility index (Phi) is 4.55. The summed E-state index contributed by atoms with van der Waals surface area (Å²) in [5.74, 6) is 0.640. The molecule has 22 heavy (non-hydrogen) atoms. The van der Waals surface area contributed by atoms with Crippen LogP contribution in [0.25, 0.3) is 0 Å². The van der Waals surface area contributed by atoms with Crippen LogP contribution < -0.4 is 4.74 Å². The Morgan fingerprint density at radius 2 is 1.91 bits per heavy atom. The van der Waals surface area contributed by atoms with Gasteiger partial charge in [0.2, 0.25) is 5.91 Å². The number of nitrogens with zero attached hydrogens (tertiary/aromatic N) is 1. The quantitative estimate of drug-likeness (QED) is 0.779. The van der Waals surface area contributed by atoms with E-state index in [4.69, 9.17) is 27.9 Å². The molecule has 0 fully saturated rings. The van der Waals surface area contributed by atoms with Gasteiger partial charge in [0.15, 0.2) is 0 Å². The van der Waals surface area contributed by atoms with Gasteiger partial charge in [-0.05, 0) is 23.8 Å². The molecular weight excluding hydrogens is 321 g/mol. The van der Waals surface area contributed by atoms with Gasteiger partial charge in [0.25, 0.3) is 0 Å². The normalized spacial score (nSPS) is 17.4. The Morgan fingerprint density at radius 1 is 1.18 bits per heavy atom. The molecule has 0 N–H and O–H groups in total. The summed E-state index contributed by atoms with van der Waals surface area (Å²) >= 11 is 11.8. The van der Waals surface area contributed by atoms with E-state index >= 15 is 0 Å². The zero-order chi connectivity index (χ0) is 15.5. The number of fused-ring (bicyclic) bond motifs is 1. The van der Waals surface area contributed by atoms with E-state index in [1.165, 1.54) is 0 Å². The van der Waals surface area contributed by atoms with E-state index in [1.54, 1.807) is 4.90 Å². The molecule has 1 aliphatic heterocycles. The van der Waals surface area contributed by atoms with Gasteiger partial charge in [-0.1, -0.05) is 41.9 Å². The molecule has 2 aromatic carbocycles. The Balaban J connectivity index is 2.12. The molecule has 2 aromatic rings. The summed E-state index contributed by atoms with van der Waals surface area (Å²) in [5.41, 5.74) is 1.95. The average Bonchev–Trinajstić information content (AvgIpc) is 2.74. The number of para-hydroxylation sites is 1. The van der Waals surface area contributed by atoms with Crippen LogP contribution in [0.3, 0.4) is 0 Å². The Labute approximate surface area is 139 Å². The molecular formula is C17H15Cl2NO2. The first kappa shape index (κ1) is 15.2. The number of benzene rings is 2. The van der Waals surface area contributed by atoms with E-state index in [0.29, 0.717) is 18.2 Å². The topological polar surface area (TPSA) is 29.5 Å². The molecule has 3 rings (SSSR count). The Morgan fingerprint density at radius 3 is 2.64 bits per heavy atom. The zero-order valence-electron chi connectivity index (χ0n) is 11.8. The molecule has 0 aromatic heterocycles. The van der Waals surface area contributed by atoms with Crippen LogP contribution in [0, 0.1) is 0 Å². The number of ether oxygens (including phenoxy) is 1. The minimum absolute atomic E-state index is 0.0493. The van der Waals surface area contributed by atoms with E-state index in [1.807, 2.05) is 48.5 Å². The van der Waals surface area contributed by atoms with Gasteiger partial charge in [-0.3, -0.25) is 4.79 Å². The lowest BCUT2D eigenvalue weighted by atomic mass is 9.96. The Bertz CT molecular complexity index is 673. The molecule has 1 amide bonds. The number of alkyl halides is 1. The minimum Gasteiger partial charge on any atom is -0.491 e. The van der Waals surface area contributed by atoms with Crippen molar-refractivity contribution in [3.8, 4) is 5.75 Å². The number of halogens is 2. The summed E-state index contributed by atoms with van der Waals surface area (Å²) in [7, 11) is 0. The van der Waals surface area contributed by atoms with Crippen molar-refractivity contribution in [3.05, 3.63) is 64.7 Å². The maximum atomic E-state index is 12.3. The molecule has 0 saturated carbocycles. The van der Waals surface area contributed by atoms with Crippen LogP contribution in [0.4, 0.5) is 0 Å². The number of rotatable bonds is 2. The van der Waals surface area contributed by atoms with E-state index in [0.717, 1.165) is 16.9 Å². The third kappa shape index (κ3) is 2.92. The van der Waals surface area contributed by atoms with Crippen molar-refractivity contribution in [1.29, 1.82) is 0 Å². The summed E-state index contributed by atoms with van der Waals surface area (Å²) in [5, 5.41) is 0.664. The van der Waals surface area contributed by atoms with Gasteiger partial charge in [0.05, 0.1) is 12.6 Å². The van der Waals surface area contributed by atoms with Crippen molar-refractivity contribution in [2.45, 2.75) is 6.04 Å². The van der Waals surface area contributed by atoms with E-state index in [9.17, 15) is 4.79 Å². The van der Waals surface area contributed by atoms with Gasteiger partial charge in [-0.25, -0.2) is 0 Å². The minimum atomic E-state index is -0.220. The lowest BCUT2D eigenvalue weighted by molar-refractivity contribution is -0.130. The van der Waals surface area contributed by atoms with Crippen LogP contribution in [0.15, 0.2) is 48.5 Å². The smallest absolute Gasteiger partial charge is 0.238 e. The van der Waals surface area contributed by atoms with E-state index in [2.05, 4.69) is 0 Å². The summed E-state index contributed by atoms with van der Waals surface area (Å²) in [6, 6.07) is 15.1. The van der Waals surface area contributed by atoms with Crippen LogP contribution in [0.1, 0.15) is 17.2 Å². The van der Waals surface area contributed by atoms with Crippen molar-refractivity contribution in [1.82, 2.24) is 4.90 Å². The van der Waals surface area contributed by atoms with Crippen molar-refractivity contribution in [3.63, 3.8) is 0 Å². The average molecular weight is 336 g/mol. The number of hydrogen-bond acceptors (Lipinski definition) is 2. The highest BCUT2D eigenvalue weighted by Gasteiger charge is 2.30. The molecule has 5 heteroatoms. The van der Waals surface area contributed by atoms with Gasteiger partial charge >= 0.3 is 0 Å². The van der Waals surface area contributed by atoms with Crippen LogP contribution in [-0.4, -0.2) is 29.8 Å². The van der Waals surface area contributed by atoms with Crippen molar-refractivity contribution >= 4 is 29.1 Å². The largest absolute Gasteiger partial charge is 0.491 e. The SMILES string of the molecule is O=C(CCl)N1CCOc2ccccc2C1c1ccc(Cl)cc1. The second kappa shape index (κ2) is 6.59. The van der Waals surface area contributed by atoms with Crippen LogP contribution in [0.5, 0.6) is 5.75 Å². The van der Waals surface area contributed by atoms with Crippen LogP contribution >= 0.6 is 23.2 Å². The Hall–Kier alpha value is -1.71. The second-order valence-corrected chi connectivity index (χ2v) is 5.76. The van der Waals surface area contributed by atoms with Crippen LogP contribution in [0.2, 0.25) is 5.02 Å². The first-order chi connectivity index (χ1) is 10.7. The van der Waals surface area contributed by atoms with Gasteiger partial charge < -0.3 is 9.64 Å². The van der Waals surface area contributed by atoms with Crippen molar-refractivity contribution in [2.24, 2.45) is 0 Å². The molecule has 1 heterocycles. The monoisotopic (exact) mass is 335 g/mol. The molecule has 0 radical (unpaired) electrons. The number of hydrogen-bond donors (Lipinski definition) is 0. The first-order valence-corrected chi connectivity index (χ1v) is 7.94. The van der Waals surface area contributed by atoms with Crippen molar-refractivity contribution < 1.29 is 9.53 Å². The van der Waals surface area contributed by atoms with Gasteiger partial charge in [0, 0.05) is 10.6 Å². The standard InChI is InChI=1S/C17H15Cl2NO2/c18-11-16(21)20-9-10-22-15-4-2-1-3-14(15)17(20)12-5-7-13(19)8-6-12/h1-8,17H,9-11H2. The second-order valence-electron chi connectivity index (χ2n) is 5.06. The molecule has 1 atom stereocenters. The fourth-order valence-corrected chi connectivity index (χ4v) is 3.02. The maximum absolute atomic E-state index is 12.3. The first-order valence-electron chi connectivity index (χ1n) is 7.03. The lowest BCUT2D eigenvalue weighted by Gasteiger charge is -2.30. The molecule has 3 nitrogen and oxygen atoms in total. The van der Waals surface area contributed by atoms with Gasteiger partial charge in [-0.2, -0.15) is 0 Å². The molecule has 0 saturated heterocycles. The summed E-state index contributed by atoms with van der Waals surface area (Å²) in [6.07, 6.45) is 0. The third-order valence-corrected chi connectivity index (χ3v) is 4.22. The third-order valence-electron chi connectivity index (χ3n) is 3.74. The van der Waals surface area contributed by atoms with Gasteiger partial charge in [-0.15, -0.1) is 11.6 Å². The van der Waals surface area contributed by atoms with E-state index < -0.39 is 0 Å². The zero-order valence-corrected chi connectivity index (χ0v) is 13.3. The van der Waals surface area contributed by atoms with E-state index in [-0.39, 0.29) is 17.8 Å². The predicted octanol–water partition coefficient (Wildman–Crippen LogP) is 3.89. The highest BCUT2D eigenvalue weighted by Crippen LogP contribution is 2.37. The van der Waals surface area contributed by atoms with Gasteiger partial charge in [0.1, 0.15) is 18.2 Å². The molecule has 114 valence electrons. The molecule has 0 spiro atoms. The molecule has 0 aliphatic carbocycles.